The normalized spacial score (nSPS) is 25.8. The fraction of sp³-hybridized carbons (Fsp3) is 0.579. The predicted octanol–water partition coefficient (Wildman–Crippen LogP) is 3.29. The minimum atomic E-state index is -3.04. The summed E-state index contributed by atoms with van der Waals surface area (Å²) < 4.78 is 24.2. The van der Waals surface area contributed by atoms with E-state index < -0.39 is 9.84 Å². The number of aliphatic imine (C=N–C) groups is 1. The van der Waals surface area contributed by atoms with Crippen molar-refractivity contribution in [3.8, 4) is 0 Å². The van der Waals surface area contributed by atoms with Gasteiger partial charge in [0.15, 0.2) is 15.0 Å². The van der Waals surface area contributed by atoms with Crippen LogP contribution in [0.15, 0.2) is 29.3 Å². The lowest BCUT2D eigenvalue weighted by Gasteiger charge is -2.24. The average Bonchev–Trinajstić information content (AvgIpc) is 3.04. The average molecular weight is 395 g/mol. The Labute approximate surface area is 160 Å². The second-order valence-electron chi connectivity index (χ2n) is 7.33. The molecule has 0 bridgehead atoms. The second kappa shape index (κ2) is 7.72. The van der Waals surface area contributed by atoms with Crippen LogP contribution in [0.2, 0.25) is 0 Å². The summed E-state index contributed by atoms with van der Waals surface area (Å²) in [6.07, 6.45) is 3.34. The predicted molar refractivity (Wildman–Crippen MR) is 109 cm³/mol. The molecule has 0 saturated carbocycles. The molecule has 0 radical (unpaired) electrons. The van der Waals surface area contributed by atoms with Gasteiger partial charge in [-0.3, -0.25) is 4.79 Å². The number of nitrogens with zero attached hydrogens (tertiary/aromatic N) is 2. The largest absolute Gasteiger partial charge is 0.316 e. The number of benzene rings is 1. The van der Waals surface area contributed by atoms with Crippen molar-refractivity contribution in [1.29, 1.82) is 0 Å². The number of unbranched alkanes of at least 4 members (excludes halogenated alkanes) is 1. The van der Waals surface area contributed by atoms with Crippen LogP contribution < -0.4 is 4.90 Å². The maximum atomic E-state index is 12.1. The molecule has 1 aromatic rings. The van der Waals surface area contributed by atoms with Crippen molar-refractivity contribution < 1.29 is 13.2 Å². The number of carbonyl (C=O) groups is 1. The zero-order chi connectivity index (χ0) is 18.9. The van der Waals surface area contributed by atoms with Crippen molar-refractivity contribution in [1.82, 2.24) is 0 Å². The van der Waals surface area contributed by atoms with Gasteiger partial charge in [0.05, 0.1) is 17.5 Å². The molecule has 0 aliphatic carbocycles. The van der Waals surface area contributed by atoms with Gasteiger partial charge in [0.1, 0.15) is 0 Å². The Morgan fingerprint density at radius 3 is 2.58 bits per heavy atom. The van der Waals surface area contributed by atoms with Crippen LogP contribution in [0.25, 0.3) is 0 Å². The minimum absolute atomic E-state index is 0.0570. The Hall–Kier alpha value is -1.34. The van der Waals surface area contributed by atoms with E-state index in [0.29, 0.717) is 5.17 Å². The fourth-order valence-corrected chi connectivity index (χ4v) is 7.21. The second-order valence-corrected chi connectivity index (χ2v) is 10.7. The Kier molecular flexibility index (Phi) is 5.77. The number of sulfone groups is 1. The van der Waals surface area contributed by atoms with Gasteiger partial charge in [0, 0.05) is 16.9 Å². The molecule has 2 saturated heterocycles. The summed E-state index contributed by atoms with van der Waals surface area (Å²) in [5, 5.41) is 0.577. The van der Waals surface area contributed by atoms with Crippen LogP contribution in [0, 0.1) is 5.92 Å². The third-order valence-electron chi connectivity index (χ3n) is 4.80. The number of rotatable bonds is 5. The van der Waals surface area contributed by atoms with Gasteiger partial charge in [-0.25, -0.2) is 8.42 Å². The molecule has 2 atom stereocenters. The minimum Gasteiger partial charge on any atom is -0.316 e. The van der Waals surface area contributed by atoms with Crippen LogP contribution >= 0.6 is 11.8 Å². The molecule has 2 aliphatic rings. The lowest BCUT2D eigenvalue weighted by molar-refractivity contribution is -0.120. The summed E-state index contributed by atoms with van der Waals surface area (Å²) in [5.74, 6) is -0.0650. The van der Waals surface area contributed by atoms with Crippen LogP contribution in [-0.4, -0.2) is 42.3 Å². The molecule has 0 aromatic heterocycles. The van der Waals surface area contributed by atoms with Crippen LogP contribution in [0.4, 0.5) is 5.69 Å². The molecule has 0 N–H and O–H groups in total. The summed E-state index contributed by atoms with van der Waals surface area (Å²) in [7, 11) is -3.04. The van der Waals surface area contributed by atoms with E-state index in [4.69, 9.17) is 0 Å². The molecule has 5 nitrogen and oxygen atoms in total. The van der Waals surface area contributed by atoms with E-state index in [1.54, 1.807) is 0 Å². The Morgan fingerprint density at radius 1 is 1.27 bits per heavy atom. The van der Waals surface area contributed by atoms with E-state index in [1.807, 2.05) is 30.9 Å². The van der Waals surface area contributed by atoms with Crippen molar-refractivity contribution in [3.05, 3.63) is 29.8 Å². The topological polar surface area (TPSA) is 66.8 Å². The first-order valence-corrected chi connectivity index (χ1v) is 11.9. The van der Waals surface area contributed by atoms with Crippen LogP contribution in [0.3, 0.4) is 0 Å². The molecule has 2 aliphatic heterocycles. The number of carbonyl (C=O) groups excluding carboxylic acids is 1. The van der Waals surface area contributed by atoms with Gasteiger partial charge in [-0.2, -0.15) is 4.99 Å². The van der Waals surface area contributed by atoms with Gasteiger partial charge in [0.25, 0.3) is 5.91 Å². The number of fused-ring (bicyclic) bond motifs is 1. The third kappa shape index (κ3) is 4.14. The van der Waals surface area contributed by atoms with Crippen molar-refractivity contribution >= 4 is 38.4 Å². The van der Waals surface area contributed by atoms with Gasteiger partial charge in [-0.05, 0) is 30.5 Å². The highest BCUT2D eigenvalue weighted by Gasteiger charge is 2.49. The smallest absolute Gasteiger partial charge is 0.250 e. The highest BCUT2D eigenvalue weighted by Crippen LogP contribution is 2.41. The Bertz CT molecular complexity index is 801. The third-order valence-corrected chi connectivity index (χ3v) is 8.01. The molecule has 1 amide bonds. The standard InChI is InChI=1S/C19H26N2O3S2/c1-4-5-6-14-7-9-15(10-8-14)21-16-11-26(23,24)12-17(16)25-19(21)20-18(22)13(2)3/h7-10,13,16-17H,4-6,11-12H2,1-3H3. The monoisotopic (exact) mass is 394 g/mol. The summed E-state index contributed by atoms with van der Waals surface area (Å²) in [4.78, 5) is 18.4. The molecule has 2 heterocycles. The number of amidine groups is 1. The molecule has 1 aromatic carbocycles. The van der Waals surface area contributed by atoms with Crippen LogP contribution in [0.1, 0.15) is 39.2 Å². The lowest BCUT2D eigenvalue weighted by Crippen LogP contribution is -2.37. The fourth-order valence-electron chi connectivity index (χ4n) is 3.29. The quantitative estimate of drug-likeness (QED) is 0.767. The van der Waals surface area contributed by atoms with Gasteiger partial charge < -0.3 is 4.90 Å². The van der Waals surface area contributed by atoms with Gasteiger partial charge in [-0.15, -0.1) is 0 Å². The zero-order valence-electron chi connectivity index (χ0n) is 15.5. The number of amides is 1. The van der Waals surface area contributed by atoms with E-state index in [-0.39, 0.29) is 34.6 Å². The molecule has 26 heavy (non-hydrogen) atoms. The summed E-state index contributed by atoms with van der Waals surface area (Å²) in [5.41, 5.74) is 2.19. The van der Waals surface area contributed by atoms with Crippen LogP contribution in [0.5, 0.6) is 0 Å². The molecule has 142 valence electrons. The van der Waals surface area contributed by atoms with Crippen molar-refractivity contribution in [2.45, 2.75) is 51.3 Å². The van der Waals surface area contributed by atoms with Crippen molar-refractivity contribution in [3.63, 3.8) is 0 Å². The number of anilines is 1. The maximum absolute atomic E-state index is 12.1. The Balaban J connectivity index is 1.91. The summed E-state index contributed by atoms with van der Waals surface area (Å²) in [6, 6.07) is 8.08. The number of thioether (sulfide) groups is 1. The van der Waals surface area contributed by atoms with E-state index in [9.17, 15) is 13.2 Å². The maximum Gasteiger partial charge on any atom is 0.250 e. The van der Waals surface area contributed by atoms with Crippen molar-refractivity contribution in [2.24, 2.45) is 10.9 Å². The molecule has 2 fully saturated rings. The summed E-state index contributed by atoms with van der Waals surface area (Å²) >= 11 is 1.43. The SMILES string of the molecule is CCCCc1ccc(N2C(=NC(=O)C(C)C)SC3CS(=O)(=O)CC32)cc1. The molecular weight excluding hydrogens is 368 g/mol. The lowest BCUT2D eigenvalue weighted by atomic mass is 10.1. The number of hydrogen-bond donors (Lipinski definition) is 0. The zero-order valence-corrected chi connectivity index (χ0v) is 17.1. The Morgan fingerprint density at radius 2 is 1.96 bits per heavy atom. The number of aryl methyl sites for hydroxylation is 1. The van der Waals surface area contributed by atoms with E-state index >= 15 is 0 Å². The molecule has 0 spiro atoms. The molecule has 3 rings (SSSR count). The van der Waals surface area contributed by atoms with Gasteiger partial charge >= 0.3 is 0 Å². The first kappa shape index (κ1) is 19.4. The van der Waals surface area contributed by atoms with Gasteiger partial charge in [0.2, 0.25) is 0 Å². The number of hydrogen-bond acceptors (Lipinski definition) is 4. The van der Waals surface area contributed by atoms with E-state index in [0.717, 1.165) is 24.9 Å². The molecule has 2 unspecified atom stereocenters. The van der Waals surface area contributed by atoms with Gasteiger partial charge in [-0.1, -0.05) is 51.1 Å². The van der Waals surface area contributed by atoms with Crippen molar-refractivity contribution in [2.75, 3.05) is 16.4 Å². The molecular formula is C19H26N2O3S2. The van der Waals surface area contributed by atoms with E-state index in [2.05, 4.69) is 24.0 Å². The summed E-state index contributed by atoms with van der Waals surface area (Å²) in [6.45, 7) is 5.82. The first-order valence-electron chi connectivity index (χ1n) is 9.18. The highest BCUT2D eigenvalue weighted by molar-refractivity contribution is 8.16. The van der Waals surface area contributed by atoms with E-state index in [1.165, 1.54) is 17.3 Å². The first-order chi connectivity index (χ1) is 12.3. The molecule has 7 heteroatoms. The van der Waals surface area contributed by atoms with Crippen LogP contribution in [-0.2, 0) is 21.1 Å². The highest BCUT2D eigenvalue weighted by atomic mass is 32.2.